The standard InChI is InChI=1S/2C22H22N4.C20H16NO.C15H10N.2Ir/c2*1-3-9-21(10-4-1)25-17-15-23(19-25)13-7-8-14-24-16-18-26(20-24)22-11-5-2-6-12-22;1-12-8-9-15(17-10-13(2)14(3)11-21-17)20-19(12)16-6-4-5-7-18(16)22-20;1-2-7-13(8-3-1)15-14-9-5-4-6-12(14)10-11-16-15;;/h2*1-6,9,11,15-20H,7-8,13-14H2;4-8,10-11H,1-3H3;1-7,9-11H;;/q2*-4;2*-1;;. The maximum absolute atomic E-state index is 6.12. The molecule has 470 valence electrons. The summed E-state index contributed by atoms with van der Waals surface area (Å²) >= 11 is 0. The minimum atomic E-state index is 0. The van der Waals surface area contributed by atoms with Crippen LogP contribution in [0.15, 0.2) is 254 Å². The van der Waals surface area contributed by atoms with Crippen LogP contribution >= 0.6 is 0 Å². The van der Waals surface area contributed by atoms with Crippen molar-refractivity contribution < 1.29 is 44.6 Å². The van der Waals surface area contributed by atoms with Gasteiger partial charge in [-0.2, -0.15) is 148 Å². The molecule has 0 amide bonds. The van der Waals surface area contributed by atoms with Gasteiger partial charge >= 0.3 is 0 Å². The number of aromatic nitrogens is 2. The zero-order valence-electron chi connectivity index (χ0n) is 51.7. The summed E-state index contributed by atoms with van der Waals surface area (Å²) in [4.78, 5) is 26.4. The first kappa shape index (κ1) is 65.7. The summed E-state index contributed by atoms with van der Waals surface area (Å²) in [6.45, 7) is 18.9. The maximum Gasteiger partial charge on any atom is 0.120 e. The summed E-state index contributed by atoms with van der Waals surface area (Å²) in [6.07, 6.45) is 25.1. The number of anilines is 4. The number of fused-ring (bicyclic) bond motifs is 4. The first-order valence-electron chi connectivity index (χ1n) is 30.6. The molecule has 0 N–H and O–H groups in total. The number of hydrogen-bond donors (Lipinski definition) is 0. The van der Waals surface area contributed by atoms with Gasteiger partial charge in [-0.3, -0.25) is 0 Å². The van der Waals surface area contributed by atoms with Crippen LogP contribution in [0, 0.1) is 83.8 Å². The number of rotatable bonds is 16. The fourth-order valence-electron chi connectivity index (χ4n) is 10.8. The number of para-hydroxylation sites is 5. The maximum atomic E-state index is 6.12. The molecule has 8 aromatic carbocycles. The molecule has 0 atom stereocenters. The Morgan fingerprint density at radius 1 is 0.413 bits per heavy atom. The van der Waals surface area contributed by atoms with Gasteiger partial charge in [-0.05, 0) is 155 Å². The number of furan rings is 1. The van der Waals surface area contributed by atoms with E-state index in [9.17, 15) is 0 Å². The number of unbranched alkanes of at least 4 members (excludes halogenated alkanes) is 2. The van der Waals surface area contributed by atoms with E-state index in [-0.39, 0.29) is 40.2 Å². The molecular weight excluding hydrogens is 1490 g/mol. The van der Waals surface area contributed by atoms with Crippen molar-refractivity contribution in [3.63, 3.8) is 0 Å². The van der Waals surface area contributed by atoms with Crippen LogP contribution in [0.4, 0.5) is 22.7 Å². The molecule has 0 saturated heterocycles. The van der Waals surface area contributed by atoms with Crippen LogP contribution in [0.25, 0.3) is 55.2 Å². The third-order valence-corrected chi connectivity index (χ3v) is 15.7. The number of benzene rings is 8. The van der Waals surface area contributed by atoms with Gasteiger partial charge in [0.2, 0.25) is 0 Å². The second-order valence-electron chi connectivity index (χ2n) is 22.1. The Labute approximate surface area is 570 Å². The largest absolute Gasteiger partial charge is 0.508 e. The smallest absolute Gasteiger partial charge is 0.120 e. The van der Waals surface area contributed by atoms with E-state index in [0.717, 1.165) is 119 Å². The second-order valence-corrected chi connectivity index (χ2v) is 22.1. The third kappa shape index (κ3) is 16.8. The minimum Gasteiger partial charge on any atom is -0.508 e. The Hall–Kier alpha value is -9.22. The summed E-state index contributed by atoms with van der Waals surface area (Å²) in [7, 11) is 0. The Bertz CT molecular complexity index is 3940. The SMILES string of the molecule is Cc1cnc(-c2[c-]cc(C)c3c2oc2ccccc23)cc1C.[Ir].[Ir].[c-]1ccccc1-c1nccc2ccccc12.[c-]1ccccc1N1C=CN(CCCCN2C=CN(c3[c-]cccc3)[CH-]2)[CH-]1.[c-]1ccccc1N1C=CN(CCCCN2C=CN(c3[c-]cccc3)[CH-]2)[CH-]1. The number of nitrogens with zero attached hydrogens (tertiary/aromatic N) is 10. The van der Waals surface area contributed by atoms with Gasteiger partial charge in [0.05, 0.1) is 5.58 Å². The average molecular weight is 1560 g/mol. The molecule has 0 aliphatic carbocycles. The monoisotopic (exact) mass is 1560 g/mol. The predicted molar refractivity (Wildman–Crippen MR) is 366 cm³/mol. The van der Waals surface area contributed by atoms with Gasteiger partial charge < -0.3 is 53.6 Å². The van der Waals surface area contributed by atoms with E-state index < -0.39 is 0 Å². The predicted octanol–water partition coefficient (Wildman–Crippen LogP) is 17.5. The average Bonchev–Trinajstić information content (AvgIpc) is 1.64. The molecular formula is C79H70Ir2N10O-10. The van der Waals surface area contributed by atoms with E-state index in [4.69, 9.17) is 4.42 Å². The summed E-state index contributed by atoms with van der Waals surface area (Å²) < 4.78 is 6.12. The van der Waals surface area contributed by atoms with Crippen molar-refractivity contribution in [3.8, 4) is 22.5 Å². The Morgan fingerprint density at radius 2 is 0.848 bits per heavy atom. The number of aryl methyl sites for hydroxylation is 3. The van der Waals surface area contributed by atoms with Gasteiger partial charge in [0.15, 0.2) is 0 Å². The zero-order valence-corrected chi connectivity index (χ0v) is 56.5. The van der Waals surface area contributed by atoms with Crippen molar-refractivity contribution in [2.24, 2.45) is 0 Å². The molecule has 2 radical (unpaired) electrons. The Kier molecular flexibility index (Phi) is 23.3. The molecule has 4 aliphatic heterocycles. The van der Waals surface area contributed by atoms with E-state index in [1.54, 1.807) is 0 Å². The van der Waals surface area contributed by atoms with Gasteiger partial charge in [-0.1, -0.05) is 72.0 Å². The molecule has 92 heavy (non-hydrogen) atoms. The van der Waals surface area contributed by atoms with Crippen LogP contribution in [-0.4, -0.2) is 55.7 Å². The van der Waals surface area contributed by atoms with Gasteiger partial charge in [0, 0.05) is 58.0 Å². The molecule has 7 heterocycles. The fourth-order valence-corrected chi connectivity index (χ4v) is 10.8. The van der Waals surface area contributed by atoms with Crippen LogP contribution in [0.3, 0.4) is 0 Å². The first-order chi connectivity index (χ1) is 44.4. The van der Waals surface area contributed by atoms with Gasteiger partial charge in [-0.15, -0.1) is 76.3 Å². The second kappa shape index (κ2) is 32.7. The van der Waals surface area contributed by atoms with Crippen LogP contribution in [0.1, 0.15) is 42.4 Å². The number of hydrogen-bond acceptors (Lipinski definition) is 11. The van der Waals surface area contributed by atoms with Crippen LogP contribution in [0.5, 0.6) is 0 Å². The molecule has 4 aliphatic rings. The van der Waals surface area contributed by atoms with Crippen molar-refractivity contribution in [2.75, 3.05) is 45.8 Å². The minimum absolute atomic E-state index is 0. The Balaban J connectivity index is 0.000000135. The molecule has 0 bridgehead atoms. The van der Waals surface area contributed by atoms with Gasteiger partial charge in [-0.25, -0.2) is 0 Å². The molecule has 11 aromatic rings. The van der Waals surface area contributed by atoms with Crippen LogP contribution in [0.2, 0.25) is 0 Å². The first-order valence-corrected chi connectivity index (χ1v) is 30.6. The summed E-state index contributed by atoms with van der Waals surface area (Å²) in [6, 6.07) is 82.2. The molecule has 11 nitrogen and oxygen atoms in total. The third-order valence-electron chi connectivity index (χ3n) is 15.7. The van der Waals surface area contributed by atoms with Crippen molar-refractivity contribution in [2.45, 2.75) is 46.5 Å². The topological polar surface area (TPSA) is 64.8 Å². The van der Waals surface area contributed by atoms with Gasteiger partial charge in [0.1, 0.15) is 5.58 Å². The van der Waals surface area contributed by atoms with Crippen molar-refractivity contribution >= 4 is 55.5 Å². The molecule has 3 aromatic heterocycles. The van der Waals surface area contributed by atoms with Crippen LogP contribution in [-0.2, 0) is 40.2 Å². The quantitative estimate of drug-likeness (QED) is 0.0687. The molecule has 0 saturated carbocycles. The van der Waals surface area contributed by atoms with E-state index in [1.807, 2.05) is 152 Å². The van der Waals surface area contributed by atoms with E-state index in [2.05, 4.69) is 231 Å². The summed E-state index contributed by atoms with van der Waals surface area (Å²) in [5, 5.41) is 4.69. The van der Waals surface area contributed by atoms with E-state index in [1.165, 1.54) is 27.5 Å². The van der Waals surface area contributed by atoms with Gasteiger partial charge in [0.25, 0.3) is 0 Å². The van der Waals surface area contributed by atoms with Crippen molar-refractivity contribution in [1.82, 2.24) is 29.6 Å². The van der Waals surface area contributed by atoms with Crippen LogP contribution < -0.4 is 19.6 Å². The molecule has 15 rings (SSSR count). The Morgan fingerprint density at radius 3 is 1.29 bits per heavy atom. The van der Waals surface area contributed by atoms with Crippen molar-refractivity contribution in [3.05, 3.63) is 330 Å². The fraction of sp³-hybridized carbons (Fsp3) is 0.139. The summed E-state index contributed by atoms with van der Waals surface area (Å²) in [5.41, 5.74) is 13.5. The number of pyridine rings is 2. The molecule has 0 spiro atoms. The normalized spacial score (nSPS) is 13.7. The molecule has 0 unspecified atom stereocenters. The molecule has 13 heteroatoms. The zero-order chi connectivity index (χ0) is 61.3. The van der Waals surface area contributed by atoms with E-state index >= 15 is 0 Å². The molecule has 0 fully saturated rings. The van der Waals surface area contributed by atoms with E-state index in [0.29, 0.717) is 0 Å². The van der Waals surface area contributed by atoms with Crippen molar-refractivity contribution in [1.29, 1.82) is 0 Å². The summed E-state index contributed by atoms with van der Waals surface area (Å²) in [5.74, 6) is 0.